The number of piperidine rings is 1. The van der Waals surface area contributed by atoms with Gasteiger partial charge < -0.3 is 9.80 Å². The molecule has 0 aliphatic carbocycles. The van der Waals surface area contributed by atoms with Gasteiger partial charge in [-0.2, -0.15) is 13.2 Å². The van der Waals surface area contributed by atoms with Gasteiger partial charge in [0.1, 0.15) is 0 Å². The molecule has 0 unspecified atom stereocenters. The van der Waals surface area contributed by atoms with E-state index in [1.807, 2.05) is 20.0 Å². The van der Waals surface area contributed by atoms with Crippen LogP contribution in [0, 0.1) is 6.92 Å². The molecule has 1 aliphatic heterocycles. The van der Waals surface area contributed by atoms with E-state index in [0.717, 1.165) is 54.8 Å². The van der Waals surface area contributed by atoms with Crippen LogP contribution in [0.25, 0.3) is 10.9 Å². The van der Waals surface area contributed by atoms with Gasteiger partial charge in [-0.05, 0) is 58.1 Å². The van der Waals surface area contributed by atoms with Crippen LogP contribution in [0.5, 0.6) is 0 Å². The first-order valence-corrected chi connectivity index (χ1v) is 8.15. The summed E-state index contributed by atoms with van der Waals surface area (Å²) >= 11 is 0. The lowest BCUT2D eigenvalue weighted by Gasteiger charge is -2.37. The van der Waals surface area contributed by atoms with Crippen LogP contribution in [0.1, 0.15) is 24.1 Å². The summed E-state index contributed by atoms with van der Waals surface area (Å²) in [6.45, 7) is 3.90. The second-order valence-corrected chi connectivity index (χ2v) is 6.66. The second-order valence-electron chi connectivity index (χ2n) is 6.66. The summed E-state index contributed by atoms with van der Waals surface area (Å²) in [6.07, 6.45) is -2.24. The molecule has 6 heteroatoms. The van der Waals surface area contributed by atoms with E-state index < -0.39 is 11.7 Å². The number of pyridine rings is 1. The minimum Gasteiger partial charge on any atom is -0.371 e. The molecule has 0 spiro atoms. The number of halogens is 3. The zero-order chi connectivity index (χ0) is 17.5. The van der Waals surface area contributed by atoms with Crippen LogP contribution in [0.3, 0.4) is 0 Å². The highest BCUT2D eigenvalue weighted by molar-refractivity contribution is 5.92. The minimum atomic E-state index is -4.35. The fourth-order valence-corrected chi connectivity index (χ4v) is 3.39. The zero-order valence-corrected chi connectivity index (χ0v) is 14.2. The van der Waals surface area contributed by atoms with E-state index in [4.69, 9.17) is 0 Å². The molecule has 130 valence electrons. The molecule has 0 bridgehead atoms. The smallest absolute Gasteiger partial charge is 0.371 e. The lowest BCUT2D eigenvalue weighted by Crippen LogP contribution is -2.42. The maximum atomic E-state index is 13.0. The number of anilines is 1. The molecule has 1 fully saturated rings. The largest absolute Gasteiger partial charge is 0.416 e. The molecule has 3 rings (SSSR count). The van der Waals surface area contributed by atoms with E-state index in [1.54, 1.807) is 6.07 Å². The van der Waals surface area contributed by atoms with Crippen LogP contribution in [0.4, 0.5) is 18.9 Å². The van der Waals surface area contributed by atoms with Gasteiger partial charge in [0.25, 0.3) is 0 Å². The van der Waals surface area contributed by atoms with Gasteiger partial charge in [-0.1, -0.05) is 6.07 Å². The molecular weight excluding hydrogens is 315 g/mol. The molecule has 3 nitrogen and oxygen atoms in total. The number of aromatic nitrogens is 1. The summed E-state index contributed by atoms with van der Waals surface area (Å²) in [5, 5.41) is 0.773. The van der Waals surface area contributed by atoms with Crippen molar-refractivity contribution >= 4 is 16.6 Å². The third kappa shape index (κ3) is 3.34. The van der Waals surface area contributed by atoms with Gasteiger partial charge >= 0.3 is 6.18 Å². The lowest BCUT2D eigenvalue weighted by atomic mass is 10.0. The van der Waals surface area contributed by atoms with Gasteiger partial charge in [0.15, 0.2) is 0 Å². The molecule has 0 amide bonds. The van der Waals surface area contributed by atoms with Crippen LogP contribution >= 0.6 is 0 Å². The Hall–Kier alpha value is -1.82. The Balaban J connectivity index is 2.01. The number of rotatable bonds is 2. The van der Waals surface area contributed by atoms with Crippen molar-refractivity contribution in [1.29, 1.82) is 0 Å². The highest BCUT2D eigenvalue weighted by atomic mass is 19.4. The summed E-state index contributed by atoms with van der Waals surface area (Å²) in [5.41, 5.74) is 1.44. The number of nitrogens with zero attached hydrogens (tertiary/aromatic N) is 3. The van der Waals surface area contributed by atoms with Gasteiger partial charge in [-0.3, -0.25) is 4.98 Å². The van der Waals surface area contributed by atoms with Gasteiger partial charge in [-0.15, -0.1) is 0 Å². The third-order valence-corrected chi connectivity index (χ3v) is 4.86. The summed E-state index contributed by atoms with van der Waals surface area (Å²) in [5.74, 6) is 0. The number of alkyl halides is 3. The van der Waals surface area contributed by atoms with Crippen molar-refractivity contribution in [3.05, 3.63) is 35.5 Å². The van der Waals surface area contributed by atoms with Crippen molar-refractivity contribution in [2.75, 3.05) is 32.1 Å². The summed E-state index contributed by atoms with van der Waals surface area (Å²) in [7, 11) is 4.14. The van der Waals surface area contributed by atoms with Crippen molar-refractivity contribution in [3.8, 4) is 0 Å². The summed E-state index contributed by atoms with van der Waals surface area (Å²) < 4.78 is 38.9. The zero-order valence-electron chi connectivity index (χ0n) is 14.2. The fourth-order valence-electron chi connectivity index (χ4n) is 3.39. The molecular formula is C18H22F3N3. The Morgan fingerprint density at radius 3 is 2.46 bits per heavy atom. The Morgan fingerprint density at radius 1 is 1.17 bits per heavy atom. The Bertz CT molecular complexity index is 734. The van der Waals surface area contributed by atoms with Crippen LogP contribution in [-0.2, 0) is 6.18 Å². The molecule has 1 aromatic heterocycles. The van der Waals surface area contributed by atoms with Crippen molar-refractivity contribution in [1.82, 2.24) is 9.88 Å². The molecule has 2 aromatic rings. The summed E-state index contributed by atoms with van der Waals surface area (Å²) in [4.78, 5) is 8.82. The number of fused-ring (bicyclic) bond motifs is 1. The topological polar surface area (TPSA) is 19.4 Å². The van der Waals surface area contributed by atoms with Crippen LogP contribution in [-0.4, -0.2) is 43.1 Å². The minimum absolute atomic E-state index is 0.397. The van der Waals surface area contributed by atoms with E-state index in [9.17, 15) is 13.2 Å². The van der Waals surface area contributed by atoms with Crippen LogP contribution in [0.2, 0.25) is 0 Å². The summed E-state index contributed by atoms with van der Waals surface area (Å²) in [6, 6.07) is 6.20. The predicted octanol–water partition coefficient (Wildman–Crippen LogP) is 4.09. The van der Waals surface area contributed by atoms with Crippen molar-refractivity contribution in [2.24, 2.45) is 0 Å². The van der Waals surface area contributed by atoms with E-state index in [1.165, 1.54) is 0 Å². The highest BCUT2D eigenvalue weighted by Gasteiger charge is 2.31. The molecule has 2 heterocycles. The molecule has 1 saturated heterocycles. The molecule has 0 atom stereocenters. The first-order chi connectivity index (χ1) is 11.3. The first kappa shape index (κ1) is 17.0. The second kappa shape index (κ2) is 6.24. The van der Waals surface area contributed by atoms with Crippen LogP contribution in [0.15, 0.2) is 24.3 Å². The Kier molecular flexibility index (Phi) is 4.42. The standard InChI is InChI=1S/C18H22F3N3/c1-12-10-17(24(3)14-6-8-23(2)9-7-14)15-5-4-13(18(19,20)21)11-16(15)22-12/h4-5,10-11,14H,6-9H2,1-3H3. The van der Waals surface area contributed by atoms with Gasteiger partial charge in [0, 0.05) is 29.9 Å². The van der Waals surface area contributed by atoms with E-state index in [2.05, 4.69) is 21.8 Å². The normalized spacial score (nSPS) is 17.4. The lowest BCUT2D eigenvalue weighted by molar-refractivity contribution is -0.137. The van der Waals surface area contributed by atoms with E-state index >= 15 is 0 Å². The Labute approximate surface area is 140 Å². The quantitative estimate of drug-likeness (QED) is 0.823. The van der Waals surface area contributed by atoms with Gasteiger partial charge in [-0.25, -0.2) is 0 Å². The van der Waals surface area contributed by atoms with Crippen molar-refractivity contribution in [3.63, 3.8) is 0 Å². The SMILES string of the molecule is Cc1cc(N(C)C2CCN(C)CC2)c2ccc(C(F)(F)F)cc2n1. The number of hydrogen-bond donors (Lipinski definition) is 0. The van der Waals surface area contributed by atoms with Crippen LogP contribution < -0.4 is 4.90 Å². The van der Waals surface area contributed by atoms with E-state index in [-0.39, 0.29) is 0 Å². The number of aryl methyl sites for hydroxylation is 1. The van der Waals surface area contributed by atoms with Crippen molar-refractivity contribution in [2.45, 2.75) is 32.0 Å². The molecule has 0 radical (unpaired) electrons. The molecule has 1 aliphatic rings. The van der Waals surface area contributed by atoms with Gasteiger partial charge in [0.2, 0.25) is 0 Å². The number of likely N-dealkylation sites (tertiary alicyclic amines) is 1. The fraction of sp³-hybridized carbons (Fsp3) is 0.500. The van der Waals surface area contributed by atoms with E-state index in [0.29, 0.717) is 11.6 Å². The average Bonchev–Trinajstić information content (AvgIpc) is 2.52. The molecule has 0 saturated carbocycles. The van der Waals surface area contributed by atoms with Gasteiger partial charge in [0.05, 0.1) is 11.1 Å². The highest BCUT2D eigenvalue weighted by Crippen LogP contribution is 2.35. The Morgan fingerprint density at radius 2 is 1.83 bits per heavy atom. The number of benzene rings is 1. The molecule has 0 N–H and O–H groups in total. The number of hydrogen-bond acceptors (Lipinski definition) is 3. The third-order valence-electron chi connectivity index (χ3n) is 4.86. The molecule has 24 heavy (non-hydrogen) atoms. The molecule has 1 aromatic carbocycles. The average molecular weight is 337 g/mol. The predicted molar refractivity (Wildman–Crippen MR) is 90.4 cm³/mol. The monoisotopic (exact) mass is 337 g/mol. The maximum absolute atomic E-state index is 13.0. The van der Waals surface area contributed by atoms with Crippen molar-refractivity contribution < 1.29 is 13.2 Å². The maximum Gasteiger partial charge on any atom is 0.416 e. The first-order valence-electron chi connectivity index (χ1n) is 8.15.